The van der Waals surface area contributed by atoms with E-state index in [1.54, 1.807) is 28.8 Å². The van der Waals surface area contributed by atoms with E-state index in [1.807, 2.05) is 0 Å². The average molecular weight is 191 g/mol. The largest absolute Gasteiger partial charge is 0.464 e. The summed E-state index contributed by atoms with van der Waals surface area (Å²) in [5.41, 5.74) is 6.57. The fourth-order valence-corrected chi connectivity index (χ4v) is 1.23. The number of fused-ring (bicyclic) bond motifs is 1. The summed E-state index contributed by atoms with van der Waals surface area (Å²) < 4.78 is 6.18. The number of methoxy groups -OCH3 is 1. The van der Waals surface area contributed by atoms with Crippen molar-refractivity contribution in [1.82, 2.24) is 9.38 Å². The number of rotatable bonds is 1. The summed E-state index contributed by atoms with van der Waals surface area (Å²) in [6, 6.07) is 5.28. The zero-order valence-corrected chi connectivity index (χ0v) is 7.60. The summed E-state index contributed by atoms with van der Waals surface area (Å²) in [4.78, 5) is 15.2. The van der Waals surface area contributed by atoms with E-state index in [-0.39, 0.29) is 5.69 Å². The first kappa shape index (κ1) is 8.55. The van der Waals surface area contributed by atoms with Crippen LogP contribution in [-0.4, -0.2) is 22.5 Å². The number of hydrogen-bond donors (Lipinski definition) is 1. The van der Waals surface area contributed by atoms with Crippen molar-refractivity contribution in [1.29, 1.82) is 0 Å². The Morgan fingerprint density at radius 3 is 3.00 bits per heavy atom. The Morgan fingerprint density at radius 1 is 1.57 bits per heavy atom. The first-order chi connectivity index (χ1) is 6.72. The highest BCUT2D eigenvalue weighted by Crippen LogP contribution is 2.10. The number of nitrogens with two attached hydrogens (primary N) is 1. The molecule has 0 aliphatic rings. The van der Waals surface area contributed by atoms with Gasteiger partial charge in [-0.3, -0.25) is 4.40 Å². The predicted octanol–water partition coefficient (Wildman–Crippen LogP) is 0.703. The molecule has 0 saturated carbocycles. The van der Waals surface area contributed by atoms with Gasteiger partial charge in [0.2, 0.25) is 0 Å². The normalized spacial score (nSPS) is 10.4. The molecule has 0 aliphatic carbocycles. The highest BCUT2D eigenvalue weighted by Gasteiger charge is 2.10. The number of carbonyl (C=O) groups excluding carboxylic acids is 1. The number of ether oxygens (including phenoxy) is 1. The molecular weight excluding hydrogens is 182 g/mol. The van der Waals surface area contributed by atoms with Gasteiger partial charge in [-0.15, -0.1) is 0 Å². The summed E-state index contributed by atoms with van der Waals surface area (Å²) in [6.45, 7) is 0. The molecule has 0 atom stereocenters. The van der Waals surface area contributed by atoms with Crippen molar-refractivity contribution >= 4 is 17.4 Å². The molecule has 5 nitrogen and oxygen atoms in total. The molecule has 2 aromatic heterocycles. The summed E-state index contributed by atoms with van der Waals surface area (Å²) in [5.74, 6) is 0.0678. The SMILES string of the molecule is COC(=O)c1cn2c(N)cccc2n1. The third-order valence-corrected chi connectivity index (χ3v) is 1.92. The number of aromatic nitrogens is 2. The molecule has 2 N–H and O–H groups in total. The lowest BCUT2D eigenvalue weighted by atomic mass is 10.4. The monoisotopic (exact) mass is 191 g/mol. The highest BCUT2D eigenvalue weighted by molar-refractivity contribution is 5.88. The van der Waals surface area contributed by atoms with Crippen molar-refractivity contribution in [2.45, 2.75) is 0 Å². The number of imidazole rings is 1. The van der Waals surface area contributed by atoms with E-state index in [4.69, 9.17) is 5.73 Å². The van der Waals surface area contributed by atoms with E-state index < -0.39 is 5.97 Å². The summed E-state index contributed by atoms with van der Waals surface area (Å²) in [7, 11) is 1.32. The Hall–Kier alpha value is -2.04. The summed E-state index contributed by atoms with van der Waals surface area (Å²) >= 11 is 0. The second-order valence-electron chi connectivity index (χ2n) is 2.80. The van der Waals surface area contributed by atoms with Crippen LogP contribution < -0.4 is 5.73 Å². The minimum atomic E-state index is -0.465. The number of nitrogens with zero attached hydrogens (tertiary/aromatic N) is 2. The van der Waals surface area contributed by atoms with Crippen LogP contribution in [0.4, 0.5) is 5.82 Å². The summed E-state index contributed by atoms with van der Waals surface area (Å²) in [6.07, 6.45) is 1.55. The Labute approximate surface area is 80.1 Å². The third kappa shape index (κ3) is 1.19. The van der Waals surface area contributed by atoms with Crippen molar-refractivity contribution in [2.75, 3.05) is 12.8 Å². The van der Waals surface area contributed by atoms with Gasteiger partial charge in [-0.1, -0.05) is 6.07 Å². The topological polar surface area (TPSA) is 69.6 Å². The van der Waals surface area contributed by atoms with Crippen LogP contribution >= 0.6 is 0 Å². The molecule has 0 aliphatic heterocycles. The van der Waals surface area contributed by atoms with Crippen molar-refractivity contribution in [3.8, 4) is 0 Å². The maximum Gasteiger partial charge on any atom is 0.358 e. The minimum absolute atomic E-state index is 0.255. The molecule has 0 amide bonds. The van der Waals surface area contributed by atoms with Gasteiger partial charge in [-0.2, -0.15) is 0 Å². The molecule has 0 aromatic carbocycles. The smallest absolute Gasteiger partial charge is 0.358 e. The van der Waals surface area contributed by atoms with Crippen molar-refractivity contribution in [3.05, 3.63) is 30.1 Å². The zero-order chi connectivity index (χ0) is 10.1. The van der Waals surface area contributed by atoms with Crippen molar-refractivity contribution in [2.24, 2.45) is 0 Å². The number of carbonyl (C=O) groups is 1. The molecule has 5 heteroatoms. The second-order valence-corrected chi connectivity index (χ2v) is 2.80. The molecule has 2 rings (SSSR count). The van der Waals surface area contributed by atoms with E-state index >= 15 is 0 Å². The van der Waals surface area contributed by atoms with Gasteiger partial charge in [-0.25, -0.2) is 9.78 Å². The molecule has 0 radical (unpaired) electrons. The van der Waals surface area contributed by atoms with Crippen LogP contribution in [0.2, 0.25) is 0 Å². The van der Waals surface area contributed by atoms with E-state index in [9.17, 15) is 4.79 Å². The Morgan fingerprint density at radius 2 is 2.36 bits per heavy atom. The number of hydrogen-bond acceptors (Lipinski definition) is 4. The van der Waals surface area contributed by atoms with Crippen LogP contribution in [0.1, 0.15) is 10.5 Å². The molecule has 0 unspecified atom stereocenters. The van der Waals surface area contributed by atoms with Crippen molar-refractivity contribution in [3.63, 3.8) is 0 Å². The number of nitrogen functional groups attached to an aromatic ring is 1. The quantitative estimate of drug-likeness (QED) is 0.674. The molecule has 0 saturated heterocycles. The lowest BCUT2D eigenvalue weighted by Gasteiger charge is -1.95. The maximum absolute atomic E-state index is 11.2. The molecule has 72 valence electrons. The van der Waals surface area contributed by atoms with Crippen LogP contribution in [0, 0.1) is 0 Å². The Balaban J connectivity index is 2.62. The van der Waals surface area contributed by atoms with Gasteiger partial charge >= 0.3 is 5.97 Å². The Bertz CT molecular complexity index is 490. The number of anilines is 1. The number of pyridine rings is 1. The van der Waals surface area contributed by atoms with Gasteiger partial charge in [0.1, 0.15) is 11.5 Å². The van der Waals surface area contributed by atoms with Gasteiger partial charge in [0.15, 0.2) is 5.69 Å². The standard InChI is InChI=1S/C9H9N3O2/c1-14-9(13)6-5-12-7(10)3-2-4-8(12)11-6/h2-5H,10H2,1H3. The first-order valence-corrected chi connectivity index (χ1v) is 4.04. The maximum atomic E-state index is 11.2. The fraction of sp³-hybridized carbons (Fsp3) is 0.111. The van der Waals surface area contributed by atoms with E-state index in [0.717, 1.165) is 0 Å². The second kappa shape index (κ2) is 3.02. The van der Waals surface area contributed by atoms with Crippen LogP contribution in [0.3, 0.4) is 0 Å². The molecular formula is C9H9N3O2. The lowest BCUT2D eigenvalue weighted by Crippen LogP contribution is -2.00. The molecule has 0 fully saturated rings. The first-order valence-electron chi connectivity index (χ1n) is 4.04. The average Bonchev–Trinajstić information content (AvgIpc) is 2.62. The fourth-order valence-electron chi connectivity index (χ4n) is 1.23. The highest BCUT2D eigenvalue weighted by atomic mass is 16.5. The van der Waals surface area contributed by atoms with Gasteiger partial charge in [0, 0.05) is 6.20 Å². The number of esters is 1. The van der Waals surface area contributed by atoms with Crippen LogP contribution in [0.15, 0.2) is 24.4 Å². The van der Waals surface area contributed by atoms with Gasteiger partial charge in [0.05, 0.1) is 7.11 Å². The Kier molecular flexibility index (Phi) is 1.85. The minimum Gasteiger partial charge on any atom is -0.464 e. The predicted molar refractivity (Wildman–Crippen MR) is 50.9 cm³/mol. The van der Waals surface area contributed by atoms with E-state index in [0.29, 0.717) is 11.5 Å². The van der Waals surface area contributed by atoms with Crippen molar-refractivity contribution < 1.29 is 9.53 Å². The molecule has 2 aromatic rings. The van der Waals surface area contributed by atoms with Gasteiger partial charge in [0.25, 0.3) is 0 Å². The molecule has 0 bridgehead atoms. The van der Waals surface area contributed by atoms with Crippen LogP contribution in [0.25, 0.3) is 5.65 Å². The lowest BCUT2D eigenvalue weighted by molar-refractivity contribution is 0.0595. The van der Waals surface area contributed by atoms with Gasteiger partial charge < -0.3 is 10.5 Å². The molecule has 2 heterocycles. The molecule has 0 spiro atoms. The zero-order valence-electron chi connectivity index (χ0n) is 7.60. The van der Waals surface area contributed by atoms with Crippen LogP contribution in [0.5, 0.6) is 0 Å². The van der Waals surface area contributed by atoms with Crippen LogP contribution in [-0.2, 0) is 4.74 Å². The third-order valence-electron chi connectivity index (χ3n) is 1.92. The van der Waals surface area contributed by atoms with Gasteiger partial charge in [-0.05, 0) is 12.1 Å². The van der Waals surface area contributed by atoms with E-state index in [1.165, 1.54) is 7.11 Å². The van der Waals surface area contributed by atoms with E-state index in [2.05, 4.69) is 9.72 Å². The molecule has 14 heavy (non-hydrogen) atoms. The summed E-state index contributed by atoms with van der Waals surface area (Å²) in [5, 5.41) is 0.